The molecule has 0 radical (unpaired) electrons. The molecule has 4 rings (SSSR count). The van der Waals surface area contributed by atoms with Gasteiger partial charge in [0.25, 0.3) is 15.9 Å². The average molecular weight is 621 g/mol. The smallest absolute Gasteiger partial charge is 0.267 e. The minimum atomic E-state index is -4.09. The summed E-state index contributed by atoms with van der Waals surface area (Å²) in [4.78, 5) is 15.3. The number of aliphatic hydroxyl groups excluding tert-OH is 1. The molecule has 3 atom stereocenters. The number of fused-ring (bicyclic) bond motifs is 1. The molecule has 2 aromatic carbocycles. The molecule has 0 spiro atoms. The lowest BCUT2D eigenvalue weighted by atomic mass is 9.99. The SMILES string of the molecule is Cc1ccc(S(=O)(=O)N(C)C[C@H]2Oc3ccc(NS(=O)(=O)c4c(C)noc4C)cc3C(=O)N([C@@H](C)CO)C[C@@H]2C)cc1. The highest BCUT2D eigenvalue weighted by Crippen LogP contribution is 2.32. The minimum absolute atomic E-state index is 0.0211. The van der Waals surface area contributed by atoms with Gasteiger partial charge in [0, 0.05) is 25.2 Å². The summed E-state index contributed by atoms with van der Waals surface area (Å²) in [5, 5.41) is 13.6. The van der Waals surface area contributed by atoms with Crippen LogP contribution in [0.2, 0.25) is 0 Å². The number of carbonyl (C=O) groups excluding carboxylic acids is 1. The van der Waals surface area contributed by atoms with Crippen LogP contribution in [0, 0.1) is 26.7 Å². The Labute approximate surface area is 246 Å². The van der Waals surface area contributed by atoms with Crippen LogP contribution in [-0.2, 0) is 20.0 Å². The number of ether oxygens (including phenoxy) is 1. The maximum Gasteiger partial charge on any atom is 0.267 e. The van der Waals surface area contributed by atoms with Crippen molar-refractivity contribution in [2.24, 2.45) is 5.92 Å². The number of aryl methyl sites for hydroxylation is 3. The van der Waals surface area contributed by atoms with Crippen molar-refractivity contribution in [2.45, 2.75) is 56.6 Å². The van der Waals surface area contributed by atoms with Crippen LogP contribution in [0.25, 0.3) is 0 Å². The summed E-state index contributed by atoms with van der Waals surface area (Å²) >= 11 is 0. The number of nitrogens with one attached hydrogen (secondary N) is 1. The Morgan fingerprint density at radius 2 is 1.79 bits per heavy atom. The molecule has 12 nitrogen and oxygen atoms in total. The van der Waals surface area contributed by atoms with Gasteiger partial charge in [-0.25, -0.2) is 16.8 Å². The van der Waals surface area contributed by atoms with Gasteiger partial charge in [0.1, 0.15) is 17.5 Å². The van der Waals surface area contributed by atoms with Crippen LogP contribution in [0.5, 0.6) is 5.75 Å². The number of rotatable bonds is 9. The van der Waals surface area contributed by atoms with Crippen molar-refractivity contribution < 1.29 is 36.0 Å². The van der Waals surface area contributed by atoms with Crippen molar-refractivity contribution in [3.05, 3.63) is 65.0 Å². The van der Waals surface area contributed by atoms with Gasteiger partial charge in [0.05, 0.1) is 29.7 Å². The largest absolute Gasteiger partial charge is 0.488 e. The van der Waals surface area contributed by atoms with E-state index in [9.17, 15) is 26.7 Å². The molecular formula is C28H36N4O8S2. The second-order valence-electron chi connectivity index (χ2n) is 10.7. The minimum Gasteiger partial charge on any atom is -0.488 e. The molecule has 3 aromatic rings. The van der Waals surface area contributed by atoms with Crippen LogP contribution in [0.1, 0.15) is 41.2 Å². The molecule has 0 saturated carbocycles. The molecule has 0 saturated heterocycles. The second-order valence-corrected chi connectivity index (χ2v) is 14.4. The van der Waals surface area contributed by atoms with E-state index in [1.165, 1.54) is 48.3 Å². The van der Waals surface area contributed by atoms with Crippen molar-refractivity contribution in [2.75, 3.05) is 31.5 Å². The Morgan fingerprint density at radius 1 is 1.12 bits per heavy atom. The zero-order valence-corrected chi connectivity index (χ0v) is 26.0. The van der Waals surface area contributed by atoms with Crippen molar-refractivity contribution in [3.63, 3.8) is 0 Å². The van der Waals surface area contributed by atoms with E-state index in [2.05, 4.69) is 9.88 Å². The lowest BCUT2D eigenvalue weighted by Crippen LogP contribution is -2.50. The summed E-state index contributed by atoms with van der Waals surface area (Å²) in [5.74, 6) is -0.511. The van der Waals surface area contributed by atoms with Crippen molar-refractivity contribution in [1.29, 1.82) is 0 Å². The van der Waals surface area contributed by atoms with E-state index in [0.717, 1.165) is 5.56 Å². The van der Waals surface area contributed by atoms with Gasteiger partial charge in [-0.1, -0.05) is 29.8 Å². The second kappa shape index (κ2) is 12.0. The molecule has 0 bridgehead atoms. The molecule has 2 N–H and O–H groups in total. The third kappa shape index (κ3) is 6.31. The molecule has 1 amide bonds. The van der Waals surface area contributed by atoms with Gasteiger partial charge in [-0.05, 0) is 58.0 Å². The van der Waals surface area contributed by atoms with Gasteiger partial charge >= 0.3 is 0 Å². The van der Waals surface area contributed by atoms with Crippen LogP contribution in [-0.4, -0.2) is 81.1 Å². The Kier molecular flexibility index (Phi) is 9.02. The number of anilines is 1. The summed E-state index contributed by atoms with van der Waals surface area (Å²) in [7, 11) is -6.46. The summed E-state index contributed by atoms with van der Waals surface area (Å²) < 4.78 is 67.8. The number of hydrogen-bond donors (Lipinski definition) is 2. The number of aromatic nitrogens is 1. The van der Waals surface area contributed by atoms with Crippen molar-refractivity contribution >= 4 is 31.6 Å². The first-order valence-electron chi connectivity index (χ1n) is 13.4. The molecule has 14 heteroatoms. The highest BCUT2D eigenvalue weighted by atomic mass is 32.2. The molecule has 1 aromatic heterocycles. The molecule has 2 heterocycles. The third-order valence-corrected chi connectivity index (χ3v) is 10.8. The quantitative estimate of drug-likeness (QED) is 0.367. The van der Waals surface area contributed by atoms with E-state index in [0.29, 0.717) is 0 Å². The maximum atomic E-state index is 13.7. The number of carbonyl (C=O) groups is 1. The van der Waals surface area contributed by atoms with E-state index >= 15 is 0 Å². The van der Waals surface area contributed by atoms with E-state index in [4.69, 9.17) is 9.26 Å². The monoisotopic (exact) mass is 620 g/mol. The topological polar surface area (TPSA) is 159 Å². The van der Waals surface area contributed by atoms with Crippen LogP contribution >= 0.6 is 0 Å². The van der Waals surface area contributed by atoms with Gasteiger partial charge in [-0.15, -0.1) is 0 Å². The lowest BCUT2D eigenvalue weighted by molar-refractivity contribution is 0.0387. The van der Waals surface area contributed by atoms with Crippen LogP contribution in [0.3, 0.4) is 0 Å². The normalized spacial score (nSPS) is 18.7. The van der Waals surface area contributed by atoms with E-state index in [1.54, 1.807) is 31.2 Å². The Balaban J connectivity index is 1.69. The number of sulfonamides is 2. The predicted molar refractivity (Wildman–Crippen MR) is 155 cm³/mol. The summed E-state index contributed by atoms with van der Waals surface area (Å²) in [5.41, 5.74) is 1.29. The molecule has 0 aliphatic carbocycles. The average Bonchev–Trinajstić information content (AvgIpc) is 3.28. The summed E-state index contributed by atoms with van der Waals surface area (Å²) in [6.45, 7) is 8.24. The molecule has 0 unspecified atom stereocenters. The van der Waals surface area contributed by atoms with Gasteiger partial charge in [0.2, 0.25) is 10.0 Å². The molecular weight excluding hydrogens is 584 g/mol. The highest BCUT2D eigenvalue weighted by molar-refractivity contribution is 7.92. The summed E-state index contributed by atoms with van der Waals surface area (Å²) in [6.07, 6.45) is -0.680. The molecule has 1 aliphatic heterocycles. The first kappa shape index (κ1) is 31.5. The van der Waals surface area contributed by atoms with Gasteiger partial charge < -0.3 is 19.3 Å². The number of aliphatic hydroxyl groups is 1. The Bertz CT molecular complexity index is 1650. The molecule has 42 heavy (non-hydrogen) atoms. The Hall–Kier alpha value is -3.46. The number of likely N-dealkylation sites (N-methyl/N-ethyl adjacent to an activating group) is 1. The van der Waals surface area contributed by atoms with Crippen molar-refractivity contribution in [3.8, 4) is 5.75 Å². The van der Waals surface area contributed by atoms with Crippen LogP contribution in [0.4, 0.5) is 5.69 Å². The molecule has 0 fully saturated rings. The number of amides is 1. The summed E-state index contributed by atoms with van der Waals surface area (Å²) in [6, 6.07) is 10.3. The van der Waals surface area contributed by atoms with Gasteiger partial charge in [0.15, 0.2) is 10.7 Å². The predicted octanol–water partition coefficient (Wildman–Crippen LogP) is 2.94. The zero-order valence-electron chi connectivity index (χ0n) is 24.4. The number of nitrogens with zero attached hydrogens (tertiary/aromatic N) is 3. The molecule has 228 valence electrons. The lowest BCUT2D eigenvalue weighted by Gasteiger charge is -2.38. The number of hydrogen-bond acceptors (Lipinski definition) is 9. The highest BCUT2D eigenvalue weighted by Gasteiger charge is 2.35. The maximum absolute atomic E-state index is 13.7. The van der Waals surface area contributed by atoms with Crippen molar-refractivity contribution in [1.82, 2.24) is 14.4 Å². The third-order valence-electron chi connectivity index (χ3n) is 7.32. The van der Waals surface area contributed by atoms with E-state index in [1.807, 2.05) is 13.8 Å². The van der Waals surface area contributed by atoms with Crippen LogP contribution in [0.15, 0.2) is 56.8 Å². The molecule has 1 aliphatic rings. The van der Waals surface area contributed by atoms with E-state index in [-0.39, 0.29) is 63.9 Å². The van der Waals surface area contributed by atoms with Crippen LogP contribution < -0.4 is 9.46 Å². The fourth-order valence-electron chi connectivity index (χ4n) is 4.81. The standard InChI is InChI=1S/C28H36N4O8S2/c1-17-7-10-23(11-8-17)42(37,38)31(6)15-26-18(2)14-32(19(3)16-33)28(34)24-13-22(9-12-25(24)39-26)30-41(35,36)27-20(4)29-40-21(27)5/h7-13,18-19,26,30,33H,14-16H2,1-6H3/t18-,19-,26+/m0/s1. The fourth-order valence-corrected chi connectivity index (χ4v) is 7.37. The van der Waals surface area contributed by atoms with Gasteiger partial charge in [-0.2, -0.15) is 4.31 Å². The zero-order chi connectivity index (χ0) is 31.0. The van der Waals surface area contributed by atoms with E-state index < -0.39 is 38.1 Å². The Morgan fingerprint density at radius 3 is 2.38 bits per heavy atom. The fraction of sp³-hybridized carbons (Fsp3) is 0.429. The first-order chi connectivity index (χ1) is 19.6. The van der Waals surface area contributed by atoms with Gasteiger partial charge in [-0.3, -0.25) is 9.52 Å². The first-order valence-corrected chi connectivity index (χ1v) is 16.3. The number of benzene rings is 2.